The van der Waals surface area contributed by atoms with Crippen LogP contribution in [0.25, 0.3) is 0 Å². The predicted octanol–water partition coefficient (Wildman–Crippen LogP) is 3.43. The van der Waals surface area contributed by atoms with Gasteiger partial charge < -0.3 is 5.32 Å². The number of hydrogen-bond donors (Lipinski definition) is 1. The minimum atomic E-state index is 0.712. The van der Waals surface area contributed by atoms with Crippen LogP contribution in [-0.2, 0) is 6.54 Å². The van der Waals surface area contributed by atoms with Crippen molar-refractivity contribution in [3.63, 3.8) is 0 Å². The number of nitrogens with zero attached hydrogens (tertiary/aromatic N) is 1. The summed E-state index contributed by atoms with van der Waals surface area (Å²) in [6, 6.07) is 12.3. The lowest BCUT2D eigenvalue weighted by molar-refractivity contribution is 0.250. The fraction of sp³-hybridized carbons (Fsp3) is 0.667. The van der Waals surface area contributed by atoms with Crippen molar-refractivity contribution in [1.29, 1.82) is 0 Å². The van der Waals surface area contributed by atoms with Crippen molar-refractivity contribution < 1.29 is 0 Å². The van der Waals surface area contributed by atoms with Crippen molar-refractivity contribution in [2.45, 2.75) is 57.7 Å². The zero-order valence-electron chi connectivity index (χ0n) is 12.7. The fourth-order valence-electron chi connectivity index (χ4n) is 3.82. The Kier molecular flexibility index (Phi) is 4.74. The first-order valence-electron chi connectivity index (χ1n) is 8.33. The molecule has 2 nitrogen and oxygen atoms in total. The molecule has 3 rings (SSSR count). The van der Waals surface area contributed by atoms with E-state index < -0.39 is 0 Å². The zero-order valence-corrected chi connectivity index (χ0v) is 12.7. The van der Waals surface area contributed by atoms with Gasteiger partial charge in [0.1, 0.15) is 0 Å². The van der Waals surface area contributed by atoms with Crippen molar-refractivity contribution in [2.75, 3.05) is 13.1 Å². The SMILES string of the molecule is CC1CCCCC1NC1CCN(Cc2ccccc2)C1. The van der Waals surface area contributed by atoms with E-state index in [0.29, 0.717) is 6.04 Å². The van der Waals surface area contributed by atoms with Crippen LogP contribution in [0.4, 0.5) is 0 Å². The Morgan fingerprint density at radius 2 is 1.90 bits per heavy atom. The molecule has 1 aliphatic carbocycles. The molecule has 3 atom stereocenters. The lowest BCUT2D eigenvalue weighted by atomic mass is 9.85. The lowest BCUT2D eigenvalue weighted by Crippen LogP contribution is -2.44. The van der Waals surface area contributed by atoms with Crippen LogP contribution in [0.1, 0.15) is 44.6 Å². The minimum absolute atomic E-state index is 0.712. The van der Waals surface area contributed by atoms with Crippen LogP contribution < -0.4 is 5.32 Å². The number of likely N-dealkylation sites (tertiary alicyclic amines) is 1. The third kappa shape index (κ3) is 3.62. The Balaban J connectivity index is 1.47. The second-order valence-corrected chi connectivity index (χ2v) is 6.74. The van der Waals surface area contributed by atoms with Crippen molar-refractivity contribution in [3.8, 4) is 0 Å². The molecule has 0 bridgehead atoms. The Labute approximate surface area is 123 Å². The van der Waals surface area contributed by atoms with E-state index in [9.17, 15) is 0 Å². The van der Waals surface area contributed by atoms with Crippen molar-refractivity contribution >= 4 is 0 Å². The van der Waals surface area contributed by atoms with E-state index in [2.05, 4.69) is 47.5 Å². The standard InChI is InChI=1S/C18H28N2/c1-15-7-5-6-10-18(15)19-17-11-12-20(14-17)13-16-8-3-2-4-9-16/h2-4,8-9,15,17-19H,5-7,10-14H2,1H3. The molecule has 0 amide bonds. The molecule has 20 heavy (non-hydrogen) atoms. The van der Waals surface area contributed by atoms with Gasteiger partial charge in [0.15, 0.2) is 0 Å². The van der Waals surface area contributed by atoms with Gasteiger partial charge in [0.2, 0.25) is 0 Å². The molecular weight excluding hydrogens is 244 g/mol. The van der Waals surface area contributed by atoms with Crippen LogP contribution in [0.5, 0.6) is 0 Å². The van der Waals surface area contributed by atoms with Crippen molar-refractivity contribution in [1.82, 2.24) is 10.2 Å². The van der Waals surface area contributed by atoms with E-state index in [0.717, 1.165) is 18.5 Å². The van der Waals surface area contributed by atoms with Gasteiger partial charge in [-0.3, -0.25) is 4.90 Å². The maximum atomic E-state index is 3.94. The summed E-state index contributed by atoms with van der Waals surface area (Å²) in [6.45, 7) is 6.00. The lowest BCUT2D eigenvalue weighted by Gasteiger charge is -2.32. The van der Waals surface area contributed by atoms with Crippen LogP contribution in [-0.4, -0.2) is 30.1 Å². The molecule has 1 heterocycles. The number of nitrogens with one attached hydrogen (secondary N) is 1. The molecule has 0 spiro atoms. The van der Waals surface area contributed by atoms with Crippen LogP contribution in [0.15, 0.2) is 30.3 Å². The molecule has 1 aliphatic heterocycles. The molecule has 2 fully saturated rings. The third-order valence-electron chi connectivity index (χ3n) is 5.08. The highest BCUT2D eigenvalue weighted by atomic mass is 15.2. The summed E-state index contributed by atoms with van der Waals surface area (Å²) in [6.07, 6.45) is 6.97. The van der Waals surface area contributed by atoms with E-state index in [1.165, 1.54) is 50.8 Å². The average molecular weight is 272 g/mol. The van der Waals surface area contributed by atoms with Crippen LogP contribution in [0, 0.1) is 5.92 Å². The smallest absolute Gasteiger partial charge is 0.0234 e. The van der Waals surface area contributed by atoms with Gasteiger partial charge in [-0.05, 0) is 30.7 Å². The van der Waals surface area contributed by atoms with Gasteiger partial charge >= 0.3 is 0 Å². The van der Waals surface area contributed by atoms with Crippen LogP contribution in [0.2, 0.25) is 0 Å². The minimum Gasteiger partial charge on any atom is -0.310 e. The molecule has 2 heteroatoms. The number of rotatable bonds is 4. The second-order valence-electron chi connectivity index (χ2n) is 6.74. The summed E-state index contributed by atoms with van der Waals surface area (Å²) in [5.74, 6) is 0.868. The van der Waals surface area contributed by atoms with E-state index in [1.54, 1.807) is 0 Å². The summed E-state index contributed by atoms with van der Waals surface area (Å²) in [7, 11) is 0. The monoisotopic (exact) mass is 272 g/mol. The first-order chi connectivity index (χ1) is 9.81. The average Bonchev–Trinajstić information content (AvgIpc) is 2.90. The molecule has 1 N–H and O–H groups in total. The maximum absolute atomic E-state index is 3.94. The summed E-state index contributed by atoms with van der Waals surface area (Å²) in [5, 5.41) is 3.94. The topological polar surface area (TPSA) is 15.3 Å². The molecule has 1 aromatic carbocycles. The van der Waals surface area contributed by atoms with Gasteiger partial charge in [0, 0.05) is 31.7 Å². The summed E-state index contributed by atoms with van der Waals surface area (Å²) < 4.78 is 0. The van der Waals surface area contributed by atoms with Crippen LogP contribution >= 0.6 is 0 Å². The molecule has 3 unspecified atom stereocenters. The molecule has 0 radical (unpaired) electrons. The van der Waals surface area contributed by atoms with E-state index in [4.69, 9.17) is 0 Å². The Morgan fingerprint density at radius 3 is 2.70 bits per heavy atom. The quantitative estimate of drug-likeness (QED) is 0.903. The number of hydrogen-bond acceptors (Lipinski definition) is 2. The van der Waals surface area contributed by atoms with Gasteiger partial charge in [-0.1, -0.05) is 50.1 Å². The zero-order chi connectivity index (χ0) is 13.8. The molecule has 0 aromatic heterocycles. The predicted molar refractivity (Wildman–Crippen MR) is 84.7 cm³/mol. The maximum Gasteiger partial charge on any atom is 0.0234 e. The molecule has 1 saturated heterocycles. The van der Waals surface area contributed by atoms with E-state index >= 15 is 0 Å². The Bertz CT molecular complexity index is 403. The first-order valence-corrected chi connectivity index (χ1v) is 8.33. The first kappa shape index (κ1) is 14.1. The third-order valence-corrected chi connectivity index (χ3v) is 5.08. The molecule has 1 saturated carbocycles. The molecule has 110 valence electrons. The molecular formula is C18H28N2. The van der Waals surface area contributed by atoms with Gasteiger partial charge in [-0.2, -0.15) is 0 Å². The van der Waals surface area contributed by atoms with Gasteiger partial charge in [-0.25, -0.2) is 0 Å². The van der Waals surface area contributed by atoms with Crippen molar-refractivity contribution in [3.05, 3.63) is 35.9 Å². The Morgan fingerprint density at radius 1 is 1.10 bits per heavy atom. The number of benzene rings is 1. The van der Waals surface area contributed by atoms with Crippen LogP contribution in [0.3, 0.4) is 0 Å². The summed E-state index contributed by atoms with van der Waals surface area (Å²) in [5.41, 5.74) is 1.44. The van der Waals surface area contributed by atoms with Gasteiger partial charge in [0.05, 0.1) is 0 Å². The summed E-state index contributed by atoms with van der Waals surface area (Å²) >= 11 is 0. The molecule has 1 aromatic rings. The van der Waals surface area contributed by atoms with E-state index in [1.807, 2.05) is 0 Å². The van der Waals surface area contributed by atoms with Crippen molar-refractivity contribution in [2.24, 2.45) is 5.92 Å². The second kappa shape index (κ2) is 6.73. The van der Waals surface area contributed by atoms with Gasteiger partial charge in [-0.15, -0.1) is 0 Å². The highest BCUT2D eigenvalue weighted by Crippen LogP contribution is 2.25. The normalized spacial score (nSPS) is 31.6. The van der Waals surface area contributed by atoms with E-state index in [-0.39, 0.29) is 0 Å². The highest BCUT2D eigenvalue weighted by molar-refractivity contribution is 5.14. The Hall–Kier alpha value is -0.860. The molecule has 2 aliphatic rings. The summed E-state index contributed by atoms with van der Waals surface area (Å²) in [4.78, 5) is 2.60. The fourth-order valence-corrected chi connectivity index (χ4v) is 3.82. The largest absolute Gasteiger partial charge is 0.310 e. The van der Waals surface area contributed by atoms with Gasteiger partial charge in [0.25, 0.3) is 0 Å². The highest BCUT2D eigenvalue weighted by Gasteiger charge is 2.28.